The highest BCUT2D eigenvalue weighted by atomic mass is 79.9. The van der Waals surface area contributed by atoms with Crippen LogP contribution in [-0.4, -0.2) is 25.6 Å². The molecule has 0 heterocycles. The second-order valence-corrected chi connectivity index (χ2v) is 5.56. The van der Waals surface area contributed by atoms with E-state index in [1.54, 1.807) is 18.2 Å². The number of carbonyl (C=O) groups excluding carboxylic acids is 1. The summed E-state index contributed by atoms with van der Waals surface area (Å²) in [4.78, 5) is 11.3. The summed E-state index contributed by atoms with van der Waals surface area (Å²) in [6.45, 7) is 1.01. The molecule has 1 amide bonds. The fourth-order valence-electron chi connectivity index (χ4n) is 2.20. The van der Waals surface area contributed by atoms with Crippen LogP contribution in [-0.2, 0) is 0 Å². The standard InChI is InChI=1S/C13H17BrN2O2/c1-16-7-8-4-10(5-8)18-12-6-9(14)2-3-11(12)13(15)17/h2-3,6,8,10,16H,4-5,7H2,1H3,(H2,15,17). The lowest BCUT2D eigenvalue weighted by molar-refractivity contribution is 0.0642. The first-order valence-electron chi connectivity index (χ1n) is 6.00. The lowest BCUT2D eigenvalue weighted by Gasteiger charge is -2.35. The summed E-state index contributed by atoms with van der Waals surface area (Å²) in [6.07, 6.45) is 2.23. The molecule has 2 rings (SSSR count). The smallest absolute Gasteiger partial charge is 0.252 e. The minimum Gasteiger partial charge on any atom is -0.490 e. The number of nitrogens with one attached hydrogen (secondary N) is 1. The molecule has 4 nitrogen and oxygen atoms in total. The normalized spacial score (nSPS) is 22.3. The number of carbonyl (C=O) groups is 1. The minimum absolute atomic E-state index is 0.191. The summed E-state index contributed by atoms with van der Waals surface area (Å²) >= 11 is 3.37. The molecule has 0 bridgehead atoms. The molecule has 1 aliphatic carbocycles. The Labute approximate surface area is 115 Å². The molecule has 1 fully saturated rings. The van der Waals surface area contributed by atoms with Gasteiger partial charge in [-0.1, -0.05) is 15.9 Å². The Morgan fingerprint density at radius 1 is 1.56 bits per heavy atom. The van der Waals surface area contributed by atoms with Crippen molar-refractivity contribution in [1.29, 1.82) is 0 Å². The fourth-order valence-corrected chi connectivity index (χ4v) is 2.54. The summed E-state index contributed by atoms with van der Waals surface area (Å²) in [6, 6.07) is 5.27. The summed E-state index contributed by atoms with van der Waals surface area (Å²) in [5, 5.41) is 3.16. The number of halogens is 1. The highest BCUT2D eigenvalue weighted by molar-refractivity contribution is 9.10. The maximum Gasteiger partial charge on any atom is 0.252 e. The average molecular weight is 313 g/mol. The molecule has 0 spiro atoms. The monoisotopic (exact) mass is 312 g/mol. The molecule has 0 saturated heterocycles. The number of primary amides is 1. The second kappa shape index (κ2) is 5.71. The average Bonchev–Trinajstić information content (AvgIpc) is 2.26. The number of nitrogens with two attached hydrogens (primary N) is 1. The molecular formula is C13H17BrN2O2. The molecule has 5 heteroatoms. The van der Waals surface area contributed by atoms with Crippen molar-refractivity contribution >= 4 is 21.8 Å². The summed E-state index contributed by atoms with van der Waals surface area (Å²) in [5.41, 5.74) is 5.77. The van der Waals surface area contributed by atoms with Gasteiger partial charge in [0, 0.05) is 4.47 Å². The van der Waals surface area contributed by atoms with E-state index in [0.717, 1.165) is 23.9 Å². The van der Waals surface area contributed by atoms with Crippen LogP contribution in [0.5, 0.6) is 5.75 Å². The van der Waals surface area contributed by atoms with Crippen LogP contribution in [0.15, 0.2) is 22.7 Å². The van der Waals surface area contributed by atoms with Gasteiger partial charge in [0.2, 0.25) is 0 Å². The van der Waals surface area contributed by atoms with Gasteiger partial charge in [-0.25, -0.2) is 0 Å². The van der Waals surface area contributed by atoms with E-state index in [1.807, 2.05) is 7.05 Å². The minimum atomic E-state index is -0.455. The molecule has 1 aliphatic rings. The number of benzene rings is 1. The van der Waals surface area contributed by atoms with Gasteiger partial charge in [-0.3, -0.25) is 4.79 Å². The van der Waals surface area contributed by atoms with Crippen molar-refractivity contribution in [3.63, 3.8) is 0 Å². The predicted octanol–water partition coefficient (Wildman–Crippen LogP) is 1.92. The number of rotatable bonds is 5. The van der Waals surface area contributed by atoms with E-state index in [0.29, 0.717) is 17.2 Å². The number of hydrogen-bond donors (Lipinski definition) is 2. The lowest BCUT2D eigenvalue weighted by Crippen LogP contribution is -2.39. The zero-order valence-corrected chi connectivity index (χ0v) is 11.9. The molecule has 98 valence electrons. The van der Waals surface area contributed by atoms with E-state index in [9.17, 15) is 4.79 Å². The topological polar surface area (TPSA) is 64.3 Å². The Kier molecular flexibility index (Phi) is 4.24. The van der Waals surface area contributed by atoms with Gasteiger partial charge in [-0.15, -0.1) is 0 Å². The van der Waals surface area contributed by atoms with E-state index in [1.165, 1.54) is 0 Å². The van der Waals surface area contributed by atoms with Crippen LogP contribution in [0.2, 0.25) is 0 Å². The van der Waals surface area contributed by atoms with Crippen LogP contribution in [0, 0.1) is 5.92 Å². The third-order valence-electron chi connectivity index (χ3n) is 3.19. The highest BCUT2D eigenvalue weighted by Gasteiger charge is 2.30. The van der Waals surface area contributed by atoms with Gasteiger partial charge in [0.25, 0.3) is 5.91 Å². The Bertz CT molecular complexity index is 445. The van der Waals surface area contributed by atoms with Crippen LogP contribution >= 0.6 is 15.9 Å². The lowest BCUT2D eigenvalue weighted by atomic mass is 9.82. The predicted molar refractivity (Wildman–Crippen MR) is 73.7 cm³/mol. The van der Waals surface area contributed by atoms with Crippen LogP contribution in [0.25, 0.3) is 0 Å². The van der Waals surface area contributed by atoms with Gasteiger partial charge in [-0.05, 0) is 50.6 Å². The summed E-state index contributed by atoms with van der Waals surface area (Å²) in [7, 11) is 1.95. The maximum absolute atomic E-state index is 11.3. The second-order valence-electron chi connectivity index (χ2n) is 4.64. The molecule has 18 heavy (non-hydrogen) atoms. The molecule has 0 aliphatic heterocycles. The zero-order valence-electron chi connectivity index (χ0n) is 10.3. The van der Waals surface area contributed by atoms with Crippen LogP contribution in [0.1, 0.15) is 23.2 Å². The molecule has 0 unspecified atom stereocenters. The Morgan fingerprint density at radius 3 is 2.89 bits per heavy atom. The number of amides is 1. The third kappa shape index (κ3) is 3.03. The van der Waals surface area contributed by atoms with Crippen molar-refractivity contribution in [3.8, 4) is 5.75 Å². The van der Waals surface area contributed by atoms with Crippen LogP contribution in [0.3, 0.4) is 0 Å². The first-order valence-corrected chi connectivity index (χ1v) is 6.80. The SMILES string of the molecule is CNCC1CC(Oc2cc(Br)ccc2C(N)=O)C1. The van der Waals surface area contributed by atoms with E-state index in [-0.39, 0.29) is 6.10 Å². The Hall–Kier alpha value is -1.07. The molecule has 1 aromatic rings. The van der Waals surface area contributed by atoms with Gasteiger partial charge in [0.15, 0.2) is 0 Å². The van der Waals surface area contributed by atoms with Crippen molar-refractivity contribution in [2.45, 2.75) is 18.9 Å². The first kappa shape index (κ1) is 13.4. The largest absolute Gasteiger partial charge is 0.490 e. The van der Waals surface area contributed by atoms with E-state index in [4.69, 9.17) is 10.5 Å². The number of hydrogen-bond acceptors (Lipinski definition) is 3. The first-order chi connectivity index (χ1) is 8.60. The van der Waals surface area contributed by atoms with Gasteiger partial charge in [0.05, 0.1) is 11.7 Å². The fraction of sp³-hybridized carbons (Fsp3) is 0.462. The van der Waals surface area contributed by atoms with E-state index in [2.05, 4.69) is 21.2 Å². The van der Waals surface area contributed by atoms with Gasteiger partial charge in [-0.2, -0.15) is 0 Å². The van der Waals surface area contributed by atoms with Crippen LogP contribution < -0.4 is 15.8 Å². The zero-order chi connectivity index (χ0) is 13.1. The Balaban J connectivity index is 2.01. The maximum atomic E-state index is 11.3. The van der Waals surface area contributed by atoms with Crippen molar-refractivity contribution in [2.75, 3.05) is 13.6 Å². The van der Waals surface area contributed by atoms with Gasteiger partial charge < -0.3 is 15.8 Å². The quantitative estimate of drug-likeness (QED) is 0.873. The van der Waals surface area contributed by atoms with Gasteiger partial charge >= 0.3 is 0 Å². The van der Waals surface area contributed by atoms with Crippen molar-refractivity contribution in [1.82, 2.24) is 5.32 Å². The van der Waals surface area contributed by atoms with E-state index < -0.39 is 5.91 Å². The third-order valence-corrected chi connectivity index (χ3v) is 3.68. The van der Waals surface area contributed by atoms with Crippen LogP contribution in [0.4, 0.5) is 0 Å². The summed E-state index contributed by atoms with van der Waals surface area (Å²) < 4.78 is 6.72. The molecular weight excluding hydrogens is 296 g/mol. The van der Waals surface area contributed by atoms with E-state index >= 15 is 0 Å². The van der Waals surface area contributed by atoms with Crippen molar-refractivity contribution in [2.24, 2.45) is 11.7 Å². The number of ether oxygens (including phenoxy) is 1. The summed E-state index contributed by atoms with van der Waals surface area (Å²) in [5.74, 6) is 0.789. The van der Waals surface area contributed by atoms with Crippen molar-refractivity contribution < 1.29 is 9.53 Å². The molecule has 1 aromatic carbocycles. The molecule has 0 aromatic heterocycles. The Morgan fingerprint density at radius 2 is 2.28 bits per heavy atom. The molecule has 0 radical (unpaired) electrons. The van der Waals surface area contributed by atoms with Gasteiger partial charge in [0.1, 0.15) is 5.75 Å². The molecule has 1 saturated carbocycles. The molecule has 0 atom stereocenters. The highest BCUT2D eigenvalue weighted by Crippen LogP contribution is 2.33. The molecule has 3 N–H and O–H groups in total. The van der Waals surface area contributed by atoms with Crippen molar-refractivity contribution in [3.05, 3.63) is 28.2 Å².